The normalized spacial score (nSPS) is 13.8. The molecule has 4 heteroatoms. The summed E-state index contributed by atoms with van der Waals surface area (Å²) in [4.78, 5) is 11.3. The summed E-state index contributed by atoms with van der Waals surface area (Å²) in [6.07, 6.45) is 2.35. The molecule has 0 bridgehead atoms. The summed E-state index contributed by atoms with van der Waals surface area (Å²) in [5.74, 6) is 0.337. The molecule has 0 saturated carbocycles. The number of carbonyl (C=O) groups is 1. The highest BCUT2D eigenvalue weighted by Gasteiger charge is 2.42. The molecule has 0 N–H and O–H groups in total. The van der Waals surface area contributed by atoms with Gasteiger partial charge in [0.05, 0.1) is 6.61 Å². The molecule has 0 aliphatic heterocycles. The summed E-state index contributed by atoms with van der Waals surface area (Å²) < 4.78 is 11.1. The highest BCUT2D eigenvalue weighted by molar-refractivity contribution is 6.74. The zero-order valence-electron chi connectivity index (χ0n) is 14.5. The van der Waals surface area contributed by atoms with Crippen molar-refractivity contribution in [3.63, 3.8) is 0 Å². The van der Waals surface area contributed by atoms with E-state index < -0.39 is 8.32 Å². The molecule has 0 heterocycles. The van der Waals surface area contributed by atoms with Gasteiger partial charge in [-0.25, -0.2) is 4.79 Å². The van der Waals surface area contributed by atoms with Crippen LogP contribution in [0.2, 0.25) is 18.1 Å². The maximum absolute atomic E-state index is 11.3. The summed E-state index contributed by atoms with van der Waals surface area (Å²) in [6, 6.07) is 0. The molecule has 0 aromatic rings. The van der Waals surface area contributed by atoms with Gasteiger partial charge in [-0.15, -0.1) is 0 Å². The van der Waals surface area contributed by atoms with E-state index in [2.05, 4.69) is 40.8 Å². The van der Waals surface area contributed by atoms with E-state index in [1.165, 1.54) is 0 Å². The standard InChI is InChI=1S/C16H32O3Si/c1-9-18-15(17)12-14(4)10-11-19-20(7,8)16(5,6)13(2)3/h12-13H,9-11H2,1-8H3/b14-12+. The number of hydrogen-bond acceptors (Lipinski definition) is 3. The summed E-state index contributed by atoms with van der Waals surface area (Å²) in [5, 5.41) is 0.228. The third kappa shape index (κ3) is 5.79. The highest BCUT2D eigenvalue weighted by Crippen LogP contribution is 2.44. The lowest BCUT2D eigenvalue weighted by atomic mass is 9.99. The summed E-state index contributed by atoms with van der Waals surface area (Å²) in [5.41, 5.74) is 1.01. The predicted molar refractivity (Wildman–Crippen MR) is 87.3 cm³/mol. The van der Waals surface area contributed by atoms with E-state index in [1.54, 1.807) is 6.08 Å². The molecule has 0 fully saturated rings. The molecule has 118 valence electrons. The fraction of sp³-hybridized carbons (Fsp3) is 0.812. The first-order chi connectivity index (χ1) is 9.04. The predicted octanol–water partition coefficient (Wildman–Crippen LogP) is 4.54. The molecule has 0 aromatic heterocycles. The van der Waals surface area contributed by atoms with Crippen LogP contribution in [0, 0.1) is 5.92 Å². The van der Waals surface area contributed by atoms with Crippen LogP contribution in [0.15, 0.2) is 11.6 Å². The molecule has 0 saturated heterocycles. The number of ether oxygens (including phenoxy) is 1. The van der Waals surface area contributed by atoms with Gasteiger partial charge in [0.15, 0.2) is 8.32 Å². The Kier molecular flexibility index (Phi) is 7.74. The van der Waals surface area contributed by atoms with Crippen LogP contribution in [0.5, 0.6) is 0 Å². The van der Waals surface area contributed by atoms with Crippen molar-refractivity contribution in [2.24, 2.45) is 5.92 Å². The van der Waals surface area contributed by atoms with Crippen LogP contribution in [0.3, 0.4) is 0 Å². The van der Waals surface area contributed by atoms with Gasteiger partial charge in [0.1, 0.15) is 0 Å². The van der Waals surface area contributed by atoms with E-state index in [1.807, 2.05) is 13.8 Å². The second-order valence-corrected chi connectivity index (χ2v) is 11.3. The van der Waals surface area contributed by atoms with Crippen LogP contribution in [-0.2, 0) is 14.0 Å². The SMILES string of the molecule is CCOC(=O)/C=C(\C)CCO[Si](C)(C)C(C)(C)C(C)C. The Balaban J connectivity index is 4.40. The Labute approximate surface area is 125 Å². The van der Waals surface area contributed by atoms with E-state index in [9.17, 15) is 4.79 Å². The smallest absolute Gasteiger partial charge is 0.330 e. The molecule has 0 radical (unpaired) electrons. The van der Waals surface area contributed by atoms with Gasteiger partial charge in [0.2, 0.25) is 0 Å². The minimum absolute atomic E-state index is 0.228. The average molecular weight is 301 g/mol. The zero-order valence-corrected chi connectivity index (χ0v) is 15.5. The highest BCUT2D eigenvalue weighted by atomic mass is 28.4. The number of hydrogen-bond donors (Lipinski definition) is 0. The van der Waals surface area contributed by atoms with E-state index in [0.717, 1.165) is 12.0 Å². The van der Waals surface area contributed by atoms with Gasteiger partial charge in [-0.05, 0) is 44.3 Å². The molecule has 0 aromatic carbocycles. The first-order valence-corrected chi connectivity index (χ1v) is 10.4. The van der Waals surface area contributed by atoms with Crippen LogP contribution < -0.4 is 0 Å². The summed E-state index contributed by atoms with van der Waals surface area (Å²) in [6.45, 7) is 18.5. The molecule has 0 spiro atoms. The van der Waals surface area contributed by atoms with Crippen molar-refractivity contribution in [2.75, 3.05) is 13.2 Å². The minimum Gasteiger partial charge on any atom is -0.463 e. The van der Waals surface area contributed by atoms with Crippen molar-refractivity contribution < 1.29 is 14.0 Å². The molecule has 3 nitrogen and oxygen atoms in total. The summed E-state index contributed by atoms with van der Waals surface area (Å²) in [7, 11) is -1.76. The lowest BCUT2D eigenvalue weighted by Crippen LogP contribution is -2.45. The van der Waals surface area contributed by atoms with Gasteiger partial charge in [-0.3, -0.25) is 0 Å². The molecular formula is C16H32O3Si. The lowest BCUT2D eigenvalue weighted by molar-refractivity contribution is -0.137. The zero-order chi connectivity index (χ0) is 16.0. The first kappa shape index (κ1) is 19.4. The second-order valence-electron chi connectivity index (χ2n) is 6.73. The Hall–Kier alpha value is -0.613. The van der Waals surface area contributed by atoms with Gasteiger partial charge in [0.25, 0.3) is 0 Å². The van der Waals surface area contributed by atoms with E-state index >= 15 is 0 Å². The Bertz CT molecular complexity index is 344. The van der Waals surface area contributed by atoms with Crippen molar-refractivity contribution in [1.29, 1.82) is 0 Å². The Morgan fingerprint density at radius 1 is 1.30 bits per heavy atom. The van der Waals surface area contributed by atoms with Crippen molar-refractivity contribution in [1.82, 2.24) is 0 Å². The van der Waals surface area contributed by atoms with E-state index in [0.29, 0.717) is 19.1 Å². The van der Waals surface area contributed by atoms with Crippen molar-refractivity contribution in [3.8, 4) is 0 Å². The maximum atomic E-state index is 11.3. The molecule has 0 atom stereocenters. The van der Waals surface area contributed by atoms with Crippen LogP contribution >= 0.6 is 0 Å². The lowest BCUT2D eigenvalue weighted by Gasteiger charge is -2.42. The van der Waals surface area contributed by atoms with Crippen LogP contribution in [0.4, 0.5) is 0 Å². The first-order valence-electron chi connectivity index (χ1n) is 7.52. The van der Waals surface area contributed by atoms with Crippen molar-refractivity contribution in [3.05, 3.63) is 11.6 Å². The largest absolute Gasteiger partial charge is 0.463 e. The monoisotopic (exact) mass is 300 g/mol. The maximum Gasteiger partial charge on any atom is 0.330 e. The average Bonchev–Trinajstić information content (AvgIpc) is 2.28. The molecule has 0 rings (SSSR count). The van der Waals surface area contributed by atoms with Gasteiger partial charge < -0.3 is 9.16 Å². The van der Waals surface area contributed by atoms with Crippen molar-refractivity contribution in [2.45, 2.75) is 66.1 Å². The van der Waals surface area contributed by atoms with Gasteiger partial charge >= 0.3 is 5.97 Å². The third-order valence-electron chi connectivity index (χ3n) is 4.61. The Morgan fingerprint density at radius 3 is 2.30 bits per heavy atom. The van der Waals surface area contributed by atoms with Gasteiger partial charge in [-0.2, -0.15) is 0 Å². The van der Waals surface area contributed by atoms with E-state index in [4.69, 9.17) is 9.16 Å². The van der Waals surface area contributed by atoms with Crippen LogP contribution in [-0.4, -0.2) is 27.5 Å². The minimum atomic E-state index is -1.76. The summed E-state index contributed by atoms with van der Waals surface area (Å²) >= 11 is 0. The Morgan fingerprint density at radius 2 is 1.85 bits per heavy atom. The second kappa shape index (κ2) is 7.98. The molecule has 0 unspecified atom stereocenters. The van der Waals surface area contributed by atoms with Gasteiger partial charge in [-0.1, -0.05) is 33.3 Å². The third-order valence-corrected chi connectivity index (χ3v) is 9.21. The number of esters is 1. The number of carbonyl (C=O) groups excluding carboxylic acids is 1. The molecule has 20 heavy (non-hydrogen) atoms. The molecule has 0 aliphatic carbocycles. The molecular weight excluding hydrogens is 268 g/mol. The quantitative estimate of drug-likeness (QED) is 0.375. The van der Waals surface area contributed by atoms with E-state index in [-0.39, 0.29) is 11.0 Å². The van der Waals surface area contributed by atoms with Crippen LogP contribution in [0.25, 0.3) is 0 Å². The molecule has 0 aliphatic rings. The topological polar surface area (TPSA) is 35.5 Å². The van der Waals surface area contributed by atoms with Crippen LogP contribution in [0.1, 0.15) is 48.0 Å². The number of rotatable bonds is 8. The van der Waals surface area contributed by atoms with Crippen molar-refractivity contribution >= 4 is 14.3 Å². The molecule has 0 amide bonds. The fourth-order valence-corrected chi connectivity index (χ4v) is 4.18. The fourth-order valence-electron chi connectivity index (χ4n) is 1.81. The van der Waals surface area contributed by atoms with Gasteiger partial charge in [0, 0.05) is 12.7 Å².